The number of allylic oxidation sites excluding steroid dienone is 1. The van der Waals surface area contributed by atoms with Crippen LogP contribution in [0.1, 0.15) is 228 Å². The molecule has 9 saturated heterocycles. The third kappa shape index (κ3) is 33.5. The number of hydrogen-bond acceptors (Lipinski definition) is 45. The molecule has 9 heterocycles. The fourth-order valence-corrected chi connectivity index (χ4v) is 19.4. The highest BCUT2D eigenvalue weighted by atomic mass is 16.8. The van der Waals surface area contributed by atoms with E-state index in [2.05, 4.69) is 29.8 Å². The van der Waals surface area contributed by atoms with E-state index in [4.69, 9.17) is 85.3 Å². The van der Waals surface area contributed by atoms with Crippen molar-refractivity contribution in [1.29, 1.82) is 0 Å². The number of aliphatic hydroxyl groups excluding tert-OH is 24. The number of carbonyl (C=O) groups excluding carboxylic acids is 3. The molecule has 9 rings (SSSR count). The van der Waals surface area contributed by atoms with E-state index in [-0.39, 0.29) is 12.3 Å². The van der Waals surface area contributed by atoms with E-state index in [1.165, 1.54) is 124 Å². The lowest BCUT2D eigenvalue weighted by Gasteiger charge is -2.53. The summed E-state index contributed by atoms with van der Waals surface area (Å²) in [5.74, 6) is -2.37. The molecule has 0 aromatic rings. The molecule has 9 aliphatic heterocycles. The van der Waals surface area contributed by atoms with Gasteiger partial charge in [-0.2, -0.15) is 0 Å². The summed E-state index contributed by atoms with van der Waals surface area (Å²) in [5.41, 5.74) is 0. The zero-order valence-corrected chi connectivity index (χ0v) is 82.3. The highest BCUT2D eigenvalue weighted by Crippen LogP contribution is 2.42. The van der Waals surface area contributed by atoms with E-state index in [0.29, 0.717) is 12.8 Å². The lowest BCUT2D eigenvalue weighted by Crippen LogP contribution is -2.72. The van der Waals surface area contributed by atoms with E-state index in [1.807, 2.05) is 6.08 Å². The Morgan fingerprint density at radius 1 is 0.289 bits per heavy atom. The van der Waals surface area contributed by atoms with E-state index >= 15 is 0 Å². The van der Waals surface area contributed by atoms with Gasteiger partial charge in [0, 0.05) is 20.3 Å². The molecular weight excluding hydrogens is 1890 g/mol. The first-order chi connectivity index (χ1) is 67.9. The molecule has 0 saturated carbocycles. The Morgan fingerprint density at radius 2 is 0.577 bits per heavy atom. The highest BCUT2D eigenvalue weighted by molar-refractivity contribution is 5.76. The van der Waals surface area contributed by atoms with Crippen LogP contribution in [0.2, 0.25) is 0 Å². The first-order valence-corrected chi connectivity index (χ1v) is 51.1. The molecule has 27 N–H and O–H groups in total. The maximum Gasteiger partial charge on any atom is 0.220 e. The van der Waals surface area contributed by atoms with Crippen LogP contribution >= 0.6 is 0 Å². The third-order valence-electron chi connectivity index (χ3n) is 28.0. The largest absolute Gasteiger partial charge is 0.394 e. The lowest BCUT2D eigenvalue weighted by molar-refractivity contribution is -0.404. The van der Waals surface area contributed by atoms with Crippen LogP contribution in [0.25, 0.3) is 0 Å². The molecule has 48 nitrogen and oxygen atoms in total. The quantitative estimate of drug-likeness (QED) is 0.0199. The van der Waals surface area contributed by atoms with Crippen molar-refractivity contribution < 1.29 is 222 Å². The Hall–Kier alpha value is -3.53. The average Bonchev–Trinajstić information content (AvgIpc) is 0.756. The number of ether oxygens (including phenoxy) is 18. The van der Waals surface area contributed by atoms with Crippen molar-refractivity contribution in [2.75, 3.05) is 46.2 Å². The molecule has 0 aromatic heterocycles. The van der Waals surface area contributed by atoms with Gasteiger partial charge in [-0.25, -0.2) is 0 Å². The summed E-state index contributed by atoms with van der Waals surface area (Å²) in [6, 6.07) is -5.21. The number of rotatable bonds is 58. The minimum atomic E-state index is -2.51. The topological polar surface area (TPSA) is 739 Å². The van der Waals surface area contributed by atoms with Gasteiger partial charge in [-0.1, -0.05) is 180 Å². The second-order valence-corrected chi connectivity index (χ2v) is 39.0. The molecule has 18 unspecified atom stereocenters. The molecule has 9 aliphatic rings. The summed E-state index contributed by atoms with van der Waals surface area (Å²) in [6.07, 6.45) is -54.9. The van der Waals surface area contributed by atoms with Crippen LogP contribution in [0, 0.1) is 0 Å². The number of aliphatic hydroxyl groups is 24. The van der Waals surface area contributed by atoms with Crippen LogP contribution in [0.15, 0.2) is 12.2 Å². The molecule has 0 aliphatic carbocycles. The number of carbonyl (C=O) groups is 3. The lowest BCUT2D eigenvalue weighted by atomic mass is 9.93. The van der Waals surface area contributed by atoms with Crippen molar-refractivity contribution >= 4 is 17.7 Å². The molecule has 142 heavy (non-hydrogen) atoms. The number of hydrogen-bond donors (Lipinski definition) is 27. The summed E-state index contributed by atoms with van der Waals surface area (Å²) in [5, 5.41) is 282. The zero-order valence-electron chi connectivity index (χ0n) is 82.3. The van der Waals surface area contributed by atoms with E-state index < -0.39 is 346 Å². The van der Waals surface area contributed by atoms with Gasteiger partial charge >= 0.3 is 0 Å². The van der Waals surface area contributed by atoms with Gasteiger partial charge in [0.1, 0.15) is 201 Å². The van der Waals surface area contributed by atoms with Gasteiger partial charge in [0.2, 0.25) is 17.7 Å². The monoisotopic (exact) mass is 2060 g/mol. The Balaban J connectivity index is 0.941. The first kappa shape index (κ1) is 122. The Bertz CT molecular complexity index is 3550. The number of amides is 3. The second-order valence-electron chi connectivity index (χ2n) is 39.0. The van der Waals surface area contributed by atoms with E-state index in [9.17, 15) is 137 Å². The fourth-order valence-electron chi connectivity index (χ4n) is 19.4. The number of unbranched alkanes of at least 4 members (excludes halogenated alkanes) is 25. The normalized spacial score (nSPS) is 41.7. The van der Waals surface area contributed by atoms with Gasteiger partial charge in [-0.3, -0.25) is 14.4 Å². The van der Waals surface area contributed by atoms with Crippen LogP contribution in [-0.4, -0.2) is 475 Å². The van der Waals surface area contributed by atoms with Gasteiger partial charge in [0.25, 0.3) is 0 Å². The minimum absolute atomic E-state index is 0.132. The smallest absolute Gasteiger partial charge is 0.220 e. The Labute approximate surface area is 827 Å². The maximum absolute atomic E-state index is 13.8. The molecular formula is C94H167N3O45. The van der Waals surface area contributed by atoms with Crippen molar-refractivity contribution in [3.63, 3.8) is 0 Å². The second kappa shape index (κ2) is 61.2. The predicted molar refractivity (Wildman–Crippen MR) is 487 cm³/mol. The Kier molecular flexibility index (Phi) is 52.6. The van der Waals surface area contributed by atoms with Crippen molar-refractivity contribution in [2.45, 2.75) is 517 Å². The SMILES string of the molecule is CCCCCCCCCCCCC/C=C/[C@@H](O)[C@H](CO[C@@H]1OC(CO)[C@@H](O[C@@H]2OC(CO)[C@H](O)[C@H](O[C@@H]3OC(CO)[C@@H](O[C@@H]4OC(CO)[C@H](O)[C@H](O[C@@H]5OC(CO)[C@@H](O[C@@H]6OC(CO)[C@H](O)[C@H](O)C6O[C@H]6OC(C)[C@@H](O)C(O)[C@@H]6O)[C@H](O[C@H]6OC(C)[C@@H](O)C(O)[C@@H]6O)C5NC(C)=O)C4O)[C@H](O[C@H]4OC(C)[C@@H](O)C(O)[C@@H]4O)C3NC(C)=O)C2O)[C@H](O)C1O)NC(=O)CCCCCCCCCCCCCCCCC. The van der Waals surface area contributed by atoms with Gasteiger partial charge in [-0.15, -0.1) is 0 Å². The molecule has 828 valence electrons. The third-order valence-corrected chi connectivity index (χ3v) is 28.0. The summed E-state index contributed by atoms with van der Waals surface area (Å²) in [6.45, 7) is 2.70. The molecule has 48 heteroatoms. The molecule has 0 bridgehead atoms. The van der Waals surface area contributed by atoms with Crippen molar-refractivity contribution in [3.05, 3.63) is 12.2 Å². The van der Waals surface area contributed by atoms with Gasteiger partial charge in [-0.05, 0) is 40.0 Å². The summed E-state index contributed by atoms with van der Waals surface area (Å²) >= 11 is 0. The highest BCUT2D eigenvalue weighted by Gasteiger charge is 2.62. The van der Waals surface area contributed by atoms with E-state index in [0.717, 1.165) is 71.6 Å². The van der Waals surface area contributed by atoms with Gasteiger partial charge in [0.05, 0.1) is 76.7 Å². The van der Waals surface area contributed by atoms with E-state index in [1.54, 1.807) is 6.08 Å². The molecule has 47 atom stereocenters. The van der Waals surface area contributed by atoms with Crippen LogP contribution in [0.5, 0.6) is 0 Å². The average molecular weight is 2060 g/mol. The van der Waals surface area contributed by atoms with Gasteiger partial charge < -0.3 is 224 Å². The summed E-state index contributed by atoms with van der Waals surface area (Å²) in [4.78, 5) is 41.2. The summed E-state index contributed by atoms with van der Waals surface area (Å²) in [7, 11) is 0. The van der Waals surface area contributed by atoms with Crippen LogP contribution in [-0.2, 0) is 99.6 Å². The fraction of sp³-hybridized carbons (Fsp3) is 0.947. The number of nitrogens with one attached hydrogen (secondary N) is 3. The molecule has 0 spiro atoms. The van der Waals surface area contributed by atoms with Crippen LogP contribution in [0.4, 0.5) is 0 Å². The predicted octanol–water partition coefficient (Wildman–Crippen LogP) is -5.87. The minimum Gasteiger partial charge on any atom is -0.394 e. The molecule has 0 aromatic carbocycles. The van der Waals surface area contributed by atoms with Crippen molar-refractivity contribution in [3.8, 4) is 0 Å². The zero-order chi connectivity index (χ0) is 104. The molecule has 3 amide bonds. The summed E-state index contributed by atoms with van der Waals surface area (Å²) < 4.78 is 111. The van der Waals surface area contributed by atoms with Crippen LogP contribution < -0.4 is 16.0 Å². The first-order valence-electron chi connectivity index (χ1n) is 51.1. The molecule has 9 fully saturated rings. The van der Waals surface area contributed by atoms with Crippen LogP contribution in [0.3, 0.4) is 0 Å². The Morgan fingerprint density at radius 3 is 0.958 bits per heavy atom. The van der Waals surface area contributed by atoms with Gasteiger partial charge in [0.15, 0.2) is 56.6 Å². The maximum atomic E-state index is 13.8. The van der Waals surface area contributed by atoms with Crippen molar-refractivity contribution in [2.24, 2.45) is 0 Å². The standard InChI is InChI=1S/C94H167N3O45/c1-8-10-12-14-16-18-20-22-23-25-27-29-31-33-35-37-58(107)97-50(51(106)36-34-32-30-28-26-24-21-19-17-15-13-11-9-2)44-125-88-75(122)71(118)78(55(41-101)134-88)135-92-76(123)83(65(112)53(39-99)129-92)140-86-59(95-48(6)104)81(138-89-72(119)67(114)61(108)45(3)126-89)79(56(42-102)132-86)136-93-77(124)84(66(113)54(40-100)130-93)141-87-60(96-49(7)105)82(139-90-73(120)68(115)62(109)46(4)127-90)80(57(43-103)133-87)137-94-85(70(117)64(111)52(38-98)131-94)142-91-74(121)69(116)63(110)47(5)128-91/h34,36,45-47,50-57,59-94,98-103,106,108-124H,8-33,35,37-44H2,1-7H3,(H,95,104)(H,96,105)(H,97,107)/b36-34+/t45?,46?,47?,50-,51+,52?,53?,54?,55?,56?,57?,59?,60?,61+,62+,63+,64-,65-,66-,67?,68?,69?,70-,71+,72-,73-,74-,75?,76?,77?,78+,79+,80+,81+,82+,83-,84-,85?,86-,87-,88+,89+,90+,91+,92-,93-,94-/m0/s1. The molecule has 0 radical (unpaired) electrons. The van der Waals surface area contributed by atoms with Crippen molar-refractivity contribution in [1.82, 2.24) is 16.0 Å².